The summed E-state index contributed by atoms with van der Waals surface area (Å²) in [5.74, 6) is 0.178. The molecule has 0 unspecified atom stereocenters. The van der Waals surface area contributed by atoms with E-state index in [2.05, 4.69) is 4.98 Å². The Morgan fingerprint density at radius 3 is 2.81 bits per heavy atom. The van der Waals surface area contributed by atoms with Crippen molar-refractivity contribution in [2.75, 3.05) is 18.8 Å². The van der Waals surface area contributed by atoms with Gasteiger partial charge in [-0.2, -0.15) is 0 Å². The van der Waals surface area contributed by atoms with E-state index >= 15 is 0 Å². The Balaban J connectivity index is 1.81. The Labute approximate surface area is 122 Å². The summed E-state index contributed by atoms with van der Waals surface area (Å²) < 4.78 is 15.3. The van der Waals surface area contributed by atoms with Crippen LogP contribution in [0.15, 0.2) is 12.1 Å². The molecule has 2 aromatic rings. The van der Waals surface area contributed by atoms with Crippen molar-refractivity contribution in [1.29, 1.82) is 0 Å². The zero-order valence-electron chi connectivity index (χ0n) is 12.1. The lowest BCUT2D eigenvalue weighted by Crippen LogP contribution is -2.28. The number of fused-ring (bicyclic) bond motifs is 1. The Kier molecular flexibility index (Phi) is 3.53. The van der Waals surface area contributed by atoms with Crippen molar-refractivity contribution in [2.45, 2.75) is 32.7 Å². The molecule has 0 aliphatic carbocycles. The summed E-state index contributed by atoms with van der Waals surface area (Å²) in [5.41, 5.74) is 7.76. The molecule has 0 radical (unpaired) electrons. The lowest BCUT2D eigenvalue weighted by molar-refractivity contribution is -0.130. The zero-order valence-corrected chi connectivity index (χ0v) is 12.1. The molecule has 6 heteroatoms. The van der Waals surface area contributed by atoms with E-state index < -0.39 is 0 Å². The van der Waals surface area contributed by atoms with E-state index in [4.69, 9.17) is 5.73 Å². The molecule has 1 aliphatic rings. The van der Waals surface area contributed by atoms with Crippen LogP contribution in [0.5, 0.6) is 0 Å². The van der Waals surface area contributed by atoms with Crippen molar-refractivity contribution in [3.05, 3.63) is 23.5 Å². The number of halogens is 1. The van der Waals surface area contributed by atoms with Gasteiger partial charge in [-0.15, -0.1) is 0 Å². The fourth-order valence-electron chi connectivity index (χ4n) is 2.84. The number of nitrogens with zero attached hydrogens (tertiary/aromatic N) is 3. The lowest BCUT2D eigenvalue weighted by Gasteiger charge is -2.15. The molecule has 3 rings (SSSR count). The van der Waals surface area contributed by atoms with Crippen molar-refractivity contribution in [3.8, 4) is 0 Å². The second kappa shape index (κ2) is 5.35. The number of amides is 1. The number of nitrogens with two attached hydrogens (primary N) is 1. The third-order valence-corrected chi connectivity index (χ3v) is 4.07. The van der Waals surface area contributed by atoms with E-state index in [1.165, 1.54) is 6.07 Å². The van der Waals surface area contributed by atoms with Crippen LogP contribution in [0.2, 0.25) is 0 Å². The highest BCUT2D eigenvalue weighted by atomic mass is 19.1. The maximum absolute atomic E-state index is 13.6. The van der Waals surface area contributed by atoms with Gasteiger partial charge in [0.15, 0.2) is 0 Å². The van der Waals surface area contributed by atoms with Crippen LogP contribution in [-0.4, -0.2) is 33.4 Å². The molecule has 0 atom stereocenters. The van der Waals surface area contributed by atoms with Gasteiger partial charge in [-0.3, -0.25) is 4.79 Å². The number of imidazole rings is 1. The summed E-state index contributed by atoms with van der Waals surface area (Å²) in [6.07, 6.45) is 2.56. The largest absolute Gasteiger partial charge is 0.369 e. The Morgan fingerprint density at radius 1 is 1.38 bits per heavy atom. The van der Waals surface area contributed by atoms with E-state index in [0.29, 0.717) is 30.0 Å². The number of rotatable bonds is 3. The molecule has 1 saturated heterocycles. The van der Waals surface area contributed by atoms with Gasteiger partial charge in [0.05, 0.1) is 11.0 Å². The second-order valence-electron chi connectivity index (χ2n) is 5.55. The first-order valence-corrected chi connectivity index (χ1v) is 7.26. The summed E-state index contributed by atoms with van der Waals surface area (Å²) in [6.45, 7) is 3.88. The van der Waals surface area contributed by atoms with E-state index in [-0.39, 0.29) is 11.7 Å². The minimum absolute atomic E-state index is 0.146. The van der Waals surface area contributed by atoms with E-state index in [0.717, 1.165) is 31.4 Å². The highest BCUT2D eigenvalue weighted by Crippen LogP contribution is 2.22. The Morgan fingerprint density at radius 2 is 2.10 bits per heavy atom. The van der Waals surface area contributed by atoms with Crippen molar-refractivity contribution in [2.24, 2.45) is 0 Å². The molecule has 21 heavy (non-hydrogen) atoms. The molecule has 2 N–H and O–H groups in total. The van der Waals surface area contributed by atoms with Crippen LogP contribution in [0.1, 0.15) is 24.8 Å². The normalized spacial score (nSPS) is 15.0. The molecule has 2 heterocycles. The standard InChI is InChI=1S/C15H19FN4O/c1-10-8-13-12(9-11(10)16)18-15(17)20(13)7-4-14(21)19-5-2-3-6-19/h8-9H,2-7H2,1H3,(H2,17,18). The zero-order chi connectivity index (χ0) is 15.0. The topological polar surface area (TPSA) is 64.1 Å². The van der Waals surface area contributed by atoms with Crippen molar-refractivity contribution < 1.29 is 9.18 Å². The molecule has 1 aliphatic heterocycles. The molecular weight excluding hydrogens is 271 g/mol. The van der Waals surface area contributed by atoms with Crippen LogP contribution in [0.4, 0.5) is 10.3 Å². The fourth-order valence-corrected chi connectivity index (χ4v) is 2.84. The molecule has 1 aromatic heterocycles. The number of likely N-dealkylation sites (tertiary alicyclic amines) is 1. The highest BCUT2D eigenvalue weighted by molar-refractivity contribution is 5.80. The molecule has 1 amide bonds. The van der Waals surface area contributed by atoms with Gasteiger partial charge in [-0.05, 0) is 31.4 Å². The van der Waals surface area contributed by atoms with E-state index in [1.54, 1.807) is 17.6 Å². The van der Waals surface area contributed by atoms with Crippen molar-refractivity contribution in [1.82, 2.24) is 14.5 Å². The number of carbonyl (C=O) groups excluding carboxylic acids is 1. The SMILES string of the molecule is Cc1cc2c(cc1F)nc(N)n2CCC(=O)N1CCCC1. The molecule has 0 saturated carbocycles. The molecule has 0 spiro atoms. The number of hydrogen-bond donors (Lipinski definition) is 1. The summed E-state index contributed by atoms with van der Waals surface area (Å²) in [7, 11) is 0. The first kappa shape index (κ1) is 13.9. The summed E-state index contributed by atoms with van der Waals surface area (Å²) in [5, 5.41) is 0. The van der Waals surface area contributed by atoms with Gasteiger partial charge >= 0.3 is 0 Å². The smallest absolute Gasteiger partial charge is 0.224 e. The van der Waals surface area contributed by atoms with Crippen LogP contribution in [0.25, 0.3) is 11.0 Å². The van der Waals surface area contributed by atoms with Gasteiger partial charge in [0.1, 0.15) is 5.82 Å². The number of aryl methyl sites for hydroxylation is 2. The lowest BCUT2D eigenvalue weighted by atomic mass is 10.2. The predicted octanol–water partition coefficient (Wildman–Crippen LogP) is 2.08. The summed E-state index contributed by atoms with van der Waals surface area (Å²) in [6, 6.07) is 3.12. The molecule has 1 fully saturated rings. The number of carbonyl (C=O) groups is 1. The average Bonchev–Trinajstić information content (AvgIpc) is 3.06. The van der Waals surface area contributed by atoms with Crippen LogP contribution in [0, 0.1) is 12.7 Å². The number of nitrogen functional groups attached to an aromatic ring is 1. The molecular formula is C15H19FN4O. The Bertz CT molecular complexity index is 689. The maximum Gasteiger partial charge on any atom is 0.224 e. The number of hydrogen-bond acceptors (Lipinski definition) is 3. The van der Waals surface area contributed by atoms with E-state index in [9.17, 15) is 9.18 Å². The number of anilines is 1. The van der Waals surface area contributed by atoms with Gasteiger partial charge in [0.2, 0.25) is 11.9 Å². The van der Waals surface area contributed by atoms with Crippen LogP contribution >= 0.6 is 0 Å². The molecule has 112 valence electrons. The third-order valence-electron chi connectivity index (χ3n) is 4.07. The highest BCUT2D eigenvalue weighted by Gasteiger charge is 2.18. The van der Waals surface area contributed by atoms with Gasteiger partial charge in [-0.25, -0.2) is 9.37 Å². The molecule has 1 aromatic carbocycles. The van der Waals surface area contributed by atoms with Crippen molar-refractivity contribution >= 4 is 22.9 Å². The number of aromatic nitrogens is 2. The monoisotopic (exact) mass is 290 g/mol. The summed E-state index contributed by atoms with van der Waals surface area (Å²) >= 11 is 0. The quantitative estimate of drug-likeness (QED) is 0.941. The molecule has 5 nitrogen and oxygen atoms in total. The third kappa shape index (κ3) is 2.57. The number of benzene rings is 1. The predicted molar refractivity (Wildman–Crippen MR) is 79.3 cm³/mol. The van der Waals surface area contributed by atoms with Crippen LogP contribution < -0.4 is 5.73 Å². The fraction of sp³-hybridized carbons (Fsp3) is 0.467. The summed E-state index contributed by atoms with van der Waals surface area (Å²) in [4.78, 5) is 18.2. The minimum atomic E-state index is -0.291. The Hall–Kier alpha value is -2.11. The second-order valence-corrected chi connectivity index (χ2v) is 5.55. The van der Waals surface area contributed by atoms with Crippen LogP contribution in [-0.2, 0) is 11.3 Å². The van der Waals surface area contributed by atoms with Gasteiger partial charge < -0.3 is 15.2 Å². The van der Waals surface area contributed by atoms with Crippen molar-refractivity contribution in [3.63, 3.8) is 0 Å². The van der Waals surface area contributed by atoms with E-state index in [1.807, 2.05) is 4.90 Å². The molecule has 0 bridgehead atoms. The first-order chi connectivity index (χ1) is 10.1. The minimum Gasteiger partial charge on any atom is -0.369 e. The maximum atomic E-state index is 13.6. The average molecular weight is 290 g/mol. The van der Waals surface area contributed by atoms with Gasteiger partial charge in [-0.1, -0.05) is 0 Å². The van der Waals surface area contributed by atoms with Gasteiger partial charge in [0, 0.05) is 32.1 Å². The van der Waals surface area contributed by atoms with Gasteiger partial charge in [0.25, 0.3) is 0 Å². The first-order valence-electron chi connectivity index (χ1n) is 7.26. The van der Waals surface area contributed by atoms with Crippen LogP contribution in [0.3, 0.4) is 0 Å².